The number of hydrogen-bond acceptors (Lipinski definition) is 5. The maximum Gasteiger partial charge on any atom is 0.291 e. The molecule has 9 nitrogen and oxygen atoms in total. The summed E-state index contributed by atoms with van der Waals surface area (Å²) in [7, 11) is 1.57. The second-order valence-electron chi connectivity index (χ2n) is 9.78. The molecule has 0 spiro atoms. The van der Waals surface area contributed by atoms with Crippen molar-refractivity contribution in [2.45, 2.75) is 13.8 Å². The van der Waals surface area contributed by atoms with Crippen molar-refractivity contribution < 1.29 is 18.4 Å². The highest BCUT2D eigenvalue weighted by atomic mass is 19.2. The number of piperazine rings is 1. The molecule has 1 aliphatic rings. The van der Waals surface area contributed by atoms with Gasteiger partial charge in [-0.05, 0) is 37.6 Å². The maximum atomic E-state index is 15.2. The van der Waals surface area contributed by atoms with E-state index in [-0.39, 0.29) is 22.6 Å². The van der Waals surface area contributed by atoms with Gasteiger partial charge in [0, 0.05) is 72.6 Å². The Morgan fingerprint density at radius 2 is 1.73 bits per heavy atom. The summed E-state index contributed by atoms with van der Waals surface area (Å²) in [5.41, 5.74) is 4.73. The Hall–Kier alpha value is -4.80. The fraction of sp³-hybridized carbons (Fsp3) is 0.241. The molecule has 0 aliphatic carbocycles. The van der Waals surface area contributed by atoms with Gasteiger partial charge in [0.05, 0.1) is 18.1 Å². The van der Waals surface area contributed by atoms with E-state index in [4.69, 9.17) is 0 Å². The van der Waals surface area contributed by atoms with Crippen LogP contribution in [0.15, 0.2) is 49.3 Å². The second-order valence-corrected chi connectivity index (χ2v) is 9.78. The predicted molar refractivity (Wildman–Crippen MR) is 148 cm³/mol. The molecular formula is C29H29F2N7O2. The number of carbonyl (C=O) groups excluding carboxylic acids is 2. The number of nitrogens with one attached hydrogen (secondary N) is 2. The summed E-state index contributed by atoms with van der Waals surface area (Å²) < 4.78 is 31.6. The molecule has 2 N–H and O–H groups in total. The minimum Gasteiger partial charge on any atom is -0.368 e. The van der Waals surface area contributed by atoms with Crippen LogP contribution in [0, 0.1) is 25.5 Å². The third-order valence-electron chi connectivity index (χ3n) is 7.31. The van der Waals surface area contributed by atoms with E-state index >= 15 is 8.78 Å². The number of amides is 2. The Labute approximate surface area is 230 Å². The highest BCUT2D eigenvalue weighted by Gasteiger charge is 2.23. The van der Waals surface area contributed by atoms with Gasteiger partial charge < -0.3 is 19.7 Å². The molecule has 2 aromatic heterocycles. The molecule has 40 heavy (non-hydrogen) atoms. The second kappa shape index (κ2) is 10.8. The van der Waals surface area contributed by atoms with Crippen LogP contribution in [-0.4, -0.2) is 68.0 Å². The summed E-state index contributed by atoms with van der Waals surface area (Å²) >= 11 is 0. The molecule has 3 heterocycles. The first kappa shape index (κ1) is 26.8. The average Bonchev–Trinajstić information content (AvgIpc) is 3.55. The van der Waals surface area contributed by atoms with Gasteiger partial charge in [-0.1, -0.05) is 18.7 Å². The van der Waals surface area contributed by atoms with E-state index in [2.05, 4.69) is 32.0 Å². The van der Waals surface area contributed by atoms with Crippen LogP contribution in [0.25, 0.3) is 28.1 Å². The van der Waals surface area contributed by atoms with Crippen LogP contribution in [-0.2, 0) is 11.8 Å². The average molecular weight is 546 g/mol. The van der Waals surface area contributed by atoms with Gasteiger partial charge in [-0.3, -0.25) is 14.7 Å². The number of H-pyrrole nitrogens is 1. The number of nitrogens with zero attached hydrogens (tertiary/aromatic N) is 5. The zero-order valence-electron chi connectivity index (χ0n) is 22.5. The Morgan fingerprint density at radius 1 is 1.02 bits per heavy atom. The fourth-order valence-corrected chi connectivity index (χ4v) is 4.97. The molecule has 4 aromatic rings. The van der Waals surface area contributed by atoms with Crippen molar-refractivity contribution in [3.05, 3.63) is 83.6 Å². The number of aryl methyl sites for hydroxylation is 2. The van der Waals surface area contributed by atoms with Gasteiger partial charge >= 0.3 is 0 Å². The van der Waals surface area contributed by atoms with E-state index in [9.17, 15) is 9.59 Å². The van der Waals surface area contributed by atoms with Crippen LogP contribution >= 0.6 is 0 Å². The number of rotatable bonds is 7. The number of halogens is 2. The number of carbonyl (C=O) groups is 2. The Kier molecular flexibility index (Phi) is 7.20. The summed E-state index contributed by atoms with van der Waals surface area (Å²) in [4.78, 5) is 32.1. The number of benzene rings is 2. The monoisotopic (exact) mass is 545 g/mol. The van der Waals surface area contributed by atoms with E-state index in [1.54, 1.807) is 24.9 Å². The molecule has 0 saturated carbocycles. The van der Waals surface area contributed by atoms with Crippen molar-refractivity contribution in [2.24, 2.45) is 7.05 Å². The Balaban J connectivity index is 1.32. The summed E-state index contributed by atoms with van der Waals surface area (Å²) in [5.74, 6) is -2.48. The number of aromatic amines is 1. The number of hydrogen-bond donors (Lipinski definition) is 2. The van der Waals surface area contributed by atoms with Crippen LogP contribution in [0.5, 0.6) is 0 Å². The quantitative estimate of drug-likeness (QED) is 0.336. The van der Waals surface area contributed by atoms with Crippen molar-refractivity contribution in [2.75, 3.05) is 31.5 Å². The molecule has 0 radical (unpaired) electrons. The minimum atomic E-state index is -1.04. The van der Waals surface area contributed by atoms with Gasteiger partial charge in [0.15, 0.2) is 17.5 Å². The van der Waals surface area contributed by atoms with Gasteiger partial charge in [-0.25, -0.2) is 13.8 Å². The van der Waals surface area contributed by atoms with E-state index < -0.39 is 17.5 Å². The summed E-state index contributed by atoms with van der Waals surface area (Å²) in [6, 6.07) is 8.47. The normalized spacial score (nSPS) is 13.4. The first-order chi connectivity index (χ1) is 19.2. The lowest BCUT2D eigenvalue weighted by molar-refractivity contribution is -0.119. The molecule has 206 valence electrons. The largest absolute Gasteiger partial charge is 0.368 e. The van der Waals surface area contributed by atoms with Crippen LogP contribution in [0.2, 0.25) is 0 Å². The van der Waals surface area contributed by atoms with Gasteiger partial charge in [0.2, 0.25) is 6.41 Å². The summed E-state index contributed by atoms with van der Waals surface area (Å²) in [5, 5.41) is 9.43. The predicted octanol–water partition coefficient (Wildman–Crippen LogP) is 4.37. The molecule has 0 unspecified atom stereocenters. The van der Waals surface area contributed by atoms with Crippen molar-refractivity contribution in [3.63, 3.8) is 0 Å². The first-order valence-corrected chi connectivity index (χ1v) is 12.8. The zero-order chi connectivity index (χ0) is 28.6. The van der Waals surface area contributed by atoms with Crippen molar-refractivity contribution in [1.82, 2.24) is 29.5 Å². The van der Waals surface area contributed by atoms with Crippen LogP contribution in [0.1, 0.15) is 27.4 Å². The topological polar surface area (TPSA) is 99.1 Å². The highest BCUT2D eigenvalue weighted by molar-refractivity contribution is 6.02. The lowest BCUT2D eigenvalue weighted by atomic mass is 10.0. The number of aromatic nitrogens is 4. The third kappa shape index (κ3) is 4.86. The third-order valence-corrected chi connectivity index (χ3v) is 7.31. The molecule has 0 atom stereocenters. The van der Waals surface area contributed by atoms with Gasteiger partial charge in [0.1, 0.15) is 0 Å². The molecule has 2 amide bonds. The Bertz CT molecular complexity index is 1620. The molecule has 0 bridgehead atoms. The number of anilines is 1. The van der Waals surface area contributed by atoms with E-state index in [1.165, 1.54) is 29.1 Å². The lowest BCUT2D eigenvalue weighted by Gasteiger charge is -2.35. The van der Waals surface area contributed by atoms with Crippen molar-refractivity contribution >= 4 is 23.7 Å². The fourth-order valence-electron chi connectivity index (χ4n) is 4.97. The van der Waals surface area contributed by atoms with Crippen molar-refractivity contribution in [1.29, 1.82) is 0 Å². The standard InChI is InChI=1S/C29H29F2N7O2/c1-17-13-20(5-6-21(17)19(3)38-11-9-37(16-39)10-12-38)34-29(40)28-32-15-25(36(28)4)23-8-7-22(26(30)27(23)31)24-14-33-35-18(24)2/h5-8,13-16H,3,9-12H2,1-2,4H3,(H,33,35)(H,34,40). The molecule has 5 rings (SSSR count). The van der Waals surface area contributed by atoms with E-state index in [0.29, 0.717) is 43.1 Å². The van der Waals surface area contributed by atoms with Gasteiger partial charge in [0.25, 0.3) is 5.91 Å². The molecular weight excluding hydrogens is 516 g/mol. The van der Waals surface area contributed by atoms with Crippen LogP contribution < -0.4 is 5.32 Å². The lowest BCUT2D eigenvalue weighted by Crippen LogP contribution is -2.44. The first-order valence-electron chi connectivity index (χ1n) is 12.8. The molecule has 11 heteroatoms. The molecule has 1 saturated heterocycles. The SMILES string of the molecule is C=C(c1ccc(NC(=O)c2ncc(-c3ccc(-c4cn[nH]c4C)c(F)c3F)n2C)cc1C)N1CCN(C=O)CC1. The Morgan fingerprint density at radius 3 is 2.38 bits per heavy atom. The van der Waals surface area contributed by atoms with E-state index in [0.717, 1.165) is 23.2 Å². The smallest absolute Gasteiger partial charge is 0.291 e. The summed E-state index contributed by atoms with van der Waals surface area (Å²) in [6.45, 7) is 10.6. The van der Waals surface area contributed by atoms with Gasteiger partial charge in [-0.15, -0.1) is 0 Å². The summed E-state index contributed by atoms with van der Waals surface area (Å²) in [6.07, 6.45) is 3.65. The van der Waals surface area contributed by atoms with Crippen molar-refractivity contribution in [3.8, 4) is 22.4 Å². The highest BCUT2D eigenvalue weighted by Crippen LogP contribution is 2.32. The molecule has 1 aliphatic heterocycles. The van der Waals surface area contributed by atoms with Gasteiger partial charge in [-0.2, -0.15) is 5.10 Å². The van der Waals surface area contributed by atoms with Crippen LogP contribution in [0.4, 0.5) is 14.5 Å². The molecule has 2 aromatic carbocycles. The van der Waals surface area contributed by atoms with E-state index in [1.807, 2.05) is 19.1 Å². The number of imidazole rings is 1. The zero-order valence-corrected chi connectivity index (χ0v) is 22.5. The minimum absolute atomic E-state index is 0.0101. The maximum absolute atomic E-state index is 15.2. The van der Waals surface area contributed by atoms with Crippen LogP contribution in [0.3, 0.4) is 0 Å². The molecule has 1 fully saturated rings.